The fourth-order valence-corrected chi connectivity index (χ4v) is 7.40. The SMILES string of the molecule is CC(CC(CC(CC(C)C(=O)O)C(=O)NCCOC1Cc2ccccc2C(OCCNC(=O)C(CC(C)C(=O)O)CC(C)C(=O)O)Cc2ccccc21)C(=O)O)C(=O)O. The van der Waals surface area contributed by atoms with Gasteiger partial charge >= 0.3 is 29.8 Å². The molecule has 59 heavy (non-hydrogen) atoms. The van der Waals surface area contributed by atoms with Crippen LogP contribution < -0.4 is 10.6 Å². The molecule has 7 N–H and O–H groups in total. The standard InChI is InChI=1S/C43H58N2O14/c1-24(39(48)49)17-30(18-25(2)40(50)51)37(46)44-13-15-58-35-22-28-9-6-8-12-34(28)36(23-29-10-5-7-11-33(29)35)59-16-14-45-38(47)31(19-26(3)41(52)53)21-32(43(56)57)20-27(4)42(54)55/h5-12,24-27,30-32,35-36H,13-23H2,1-4H3,(H,44,46)(H,45,47)(H,48,49)(H,50,51)(H,52,53)(H,54,55)(H,56,57). The number of carbonyl (C=O) groups is 7. The molecule has 324 valence electrons. The summed E-state index contributed by atoms with van der Waals surface area (Å²) >= 11 is 0. The summed E-state index contributed by atoms with van der Waals surface area (Å²) in [6, 6.07) is 15.4. The Morgan fingerprint density at radius 3 is 1.17 bits per heavy atom. The molecular formula is C43H58N2O14. The summed E-state index contributed by atoms with van der Waals surface area (Å²) < 4.78 is 12.8. The van der Waals surface area contributed by atoms with Gasteiger partial charge in [0.1, 0.15) is 0 Å². The van der Waals surface area contributed by atoms with Gasteiger partial charge in [-0.1, -0.05) is 76.2 Å². The molecule has 0 aromatic heterocycles. The van der Waals surface area contributed by atoms with Crippen LogP contribution in [0.3, 0.4) is 0 Å². The van der Waals surface area contributed by atoms with Gasteiger partial charge in [0.15, 0.2) is 0 Å². The highest BCUT2D eigenvalue weighted by Gasteiger charge is 2.33. The number of carbonyl (C=O) groups excluding carboxylic acids is 2. The molecule has 0 bridgehead atoms. The molecule has 0 heterocycles. The van der Waals surface area contributed by atoms with Gasteiger partial charge in [0.25, 0.3) is 0 Å². The maximum Gasteiger partial charge on any atom is 0.306 e. The fraction of sp³-hybridized carbons (Fsp3) is 0.558. The van der Waals surface area contributed by atoms with Gasteiger partial charge < -0.3 is 45.6 Å². The molecule has 0 saturated heterocycles. The third kappa shape index (κ3) is 15.1. The molecule has 16 heteroatoms. The Balaban J connectivity index is 1.69. The number of hydrogen-bond donors (Lipinski definition) is 7. The smallest absolute Gasteiger partial charge is 0.306 e. The zero-order chi connectivity index (χ0) is 43.8. The Bertz CT molecular complexity index is 1760. The first-order valence-corrected chi connectivity index (χ1v) is 20.0. The lowest BCUT2D eigenvalue weighted by atomic mass is 9.83. The predicted octanol–water partition coefficient (Wildman–Crippen LogP) is 4.60. The van der Waals surface area contributed by atoms with E-state index in [4.69, 9.17) is 9.47 Å². The second kappa shape index (κ2) is 23.3. The minimum atomic E-state index is -1.26. The van der Waals surface area contributed by atoms with E-state index >= 15 is 0 Å². The number of amides is 2. The number of rotatable bonds is 25. The van der Waals surface area contributed by atoms with Gasteiger partial charge in [-0.05, 0) is 54.4 Å². The van der Waals surface area contributed by atoms with Crippen molar-refractivity contribution in [1.29, 1.82) is 0 Å². The molecule has 1 aliphatic carbocycles. The molecule has 1 aliphatic rings. The molecule has 2 aromatic carbocycles. The Morgan fingerprint density at radius 1 is 0.508 bits per heavy atom. The van der Waals surface area contributed by atoms with Gasteiger partial charge in [0, 0.05) is 37.8 Å². The van der Waals surface area contributed by atoms with Crippen LogP contribution in [0.4, 0.5) is 0 Å². The first-order chi connectivity index (χ1) is 27.9. The van der Waals surface area contributed by atoms with E-state index < -0.39 is 95.3 Å². The number of fused-ring (bicyclic) bond motifs is 2. The summed E-state index contributed by atoms with van der Waals surface area (Å²) in [7, 11) is 0. The van der Waals surface area contributed by atoms with Gasteiger partial charge in [-0.25, -0.2) is 0 Å². The monoisotopic (exact) mass is 826 g/mol. The lowest BCUT2D eigenvalue weighted by molar-refractivity contribution is -0.147. The fourth-order valence-electron chi connectivity index (χ4n) is 7.40. The molecule has 2 amide bonds. The third-order valence-corrected chi connectivity index (χ3v) is 11.0. The lowest BCUT2D eigenvalue weighted by Crippen LogP contribution is -2.37. The number of aliphatic carboxylic acids is 5. The first-order valence-electron chi connectivity index (χ1n) is 20.0. The molecule has 2 aromatic rings. The van der Waals surface area contributed by atoms with Crippen molar-refractivity contribution in [3.05, 3.63) is 70.8 Å². The van der Waals surface area contributed by atoms with Crippen molar-refractivity contribution in [2.75, 3.05) is 26.3 Å². The zero-order valence-electron chi connectivity index (χ0n) is 34.0. The van der Waals surface area contributed by atoms with Crippen LogP contribution >= 0.6 is 0 Å². The van der Waals surface area contributed by atoms with Gasteiger partial charge in [-0.3, -0.25) is 33.6 Å². The molecule has 0 fully saturated rings. The van der Waals surface area contributed by atoms with E-state index in [0.29, 0.717) is 12.8 Å². The van der Waals surface area contributed by atoms with E-state index in [0.717, 1.165) is 22.3 Å². The van der Waals surface area contributed by atoms with Crippen molar-refractivity contribution in [3.8, 4) is 0 Å². The molecule has 0 aliphatic heterocycles. The second-order valence-electron chi connectivity index (χ2n) is 15.7. The number of benzene rings is 2. The van der Waals surface area contributed by atoms with Crippen LogP contribution in [0.1, 0.15) is 94.3 Å². The van der Waals surface area contributed by atoms with Crippen LogP contribution in [-0.4, -0.2) is 93.5 Å². The zero-order valence-corrected chi connectivity index (χ0v) is 34.0. The maximum absolute atomic E-state index is 13.4. The molecule has 0 saturated carbocycles. The van der Waals surface area contributed by atoms with E-state index in [1.807, 2.05) is 48.5 Å². The number of ether oxygens (including phenoxy) is 2. The van der Waals surface area contributed by atoms with Gasteiger partial charge in [0.05, 0.1) is 55.0 Å². The summed E-state index contributed by atoms with van der Waals surface area (Å²) in [5.41, 5.74) is 3.73. The number of carboxylic acid groups (broad SMARTS) is 5. The van der Waals surface area contributed by atoms with Crippen LogP contribution in [0, 0.1) is 41.4 Å². The number of carboxylic acids is 5. The van der Waals surface area contributed by atoms with E-state index in [-0.39, 0.29) is 58.4 Å². The quantitative estimate of drug-likeness (QED) is 0.0675. The summed E-state index contributed by atoms with van der Waals surface area (Å²) in [5, 5.41) is 53.0. The van der Waals surface area contributed by atoms with E-state index in [2.05, 4.69) is 10.6 Å². The molecular weight excluding hydrogens is 768 g/mol. The average molecular weight is 827 g/mol. The van der Waals surface area contributed by atoms with Crippen molar-refractivity contribution in [2.45, 2.75) is 84.8 Å². The highest BCUT2D eigenvalue weighted by atomic mass is 16.5. The van der Waals surface area contributed by atoms with Crippen molar-refractivity contribution < 1.29 is 68.6 Å². The van der Waals surface area contributed by atoms with Gasteiger partial charge in [-0.15, -0.1) is 0 Å². The molecule has 16 nitrogen and oxygen atoms in total. The molecule has 3 rings (SSSR count). The van der Waals surface area contributed by atoms with Crippen molar-refractivity contribution in [2.24, 2.45) is 41.4 Å². The summed E-state index contributed by atoms with van der Waals surface area (Å²) in [6.07, 6.45) is -0.501. The lowest BCUT2D eigenvalue weighted by Gasteiger charge is -2.30. The number of hydrogen-bond acceptors (Lipinski definition) is 9. The van der Waals surface area contributed by atoms with Crippen molar-refractivity contribution in [1.82, 2.24) is 10.6 Å². The second-order valence-corrected chi connectivity index (χ2v) is 15.7. The Kier molecular flexibility index (Phi) is 19.0. The predicted molar refractivity (Wildman–Crippen MR) is 212 cm³/mol. The van der Waals surface area contributed by atoms with E-state index in [9.17, 15) is 59.1 Å². The third-order valence-electron chi connectivity index (χ3n) is 11.0. The highest BCUT2D eigenvalue weighted by Crippen LogP contribution is 2.36. The minimum Gasteiger partial charge on any atom is -0.481 e. The maximum atomic E-state index is 13.4. The summed E-state index contributed by atoms with van der Waals surface area (Å²) in [5.74, 6) is -13.3. The van der Waals surface area contributed by atoms with Crippen molar-refractivity contribution >= 4 is 41.7 Å². The van der Waals surface area contributed by atoms with Crippen molar-refractivity contribution in [3.63, 3.8) is 0 Å². The van der Waals surface area contributed by atoms with Gasteiger partial charge in [0.2, 0.25) is 11.8 Å². The first kappa shape index (κ1) is 48.0. The Morgan fingerprint density at radius 2 is 0.831 bits per heavy atom. The van der Waals surface area contributed by atoms with Crippen LogP contribution in [0.25, 0.3) is 0 Å². The van der Waals surface area contributed by atoms with Crippen LogP contribution in [0.2, 0.25) is 0 Å². The molecule has 8 unspecified atom stereocenters. The number of nitrogens with one attached hydrogen (secondary N) is 2. The van der Waals surface area contributed by atoms with Crippen LogP contribution in [-0.2, 0) is 55.9 Å². The summed E-state index contributed by atoms with van der Waals surface area (Å²) in [6.45, 7) is 6.12. The van der Waals surface area contributed by atoms with Crippen LogP contribution in [0.5, 0.6) is 0 Å². The average Bonchev–Trinajstić information content (AvgIpc) is 3.18. The van der Waals surface area contributed by atoms with E-state index in [1.54, 1.807) is 0 Å². The normalized spacial score (nSPS) is 18.4. The van der Waals surface area contributed by atoms with Gasteiger partial charge in [-0.2, -0.15) is 0 Å². The summed E-state index contributed by atoms with van der Waals surface area (Å²) in [4.78, 5) is 84.6. The Hall–Kier alpha value is -5.35. The van der Waals surface area contributed by atoms with Crippen LogP contribution in [0.15, 0.2) is 48.5 Å². The molecule has 0 radical (unpaired) electrons. The largest absolute Gasteiger partial charge is 0.481 e. The Labute approximate surface area is 343 Å². The minimum absolute atomic E-state index is 0.00257. The highest BCUT2D eigenvalue weighted by molar-refractivity contribution is 5.82. The molecule has 0 spiro atoms. The van der Waals surface area contributed by atoms with E-state index in [1.165, 1.54) is 27.7 Å². The molecule has 8 atom stereocenters. The topological polar surface area (TPSA) is 263 Å².